The normalized spacial score (nSPS) is 24.8. The zero-order valence-electron chi connectivity index (χ0n) is 8.84. The van der Waals surface area contributed by atoms with Crippen LogP contribution in [0, 0.1) is 0 Å². The Morgan fingerprint density at radius 2 is 2.15 bits per heavy atom. The molecule has 0 aromatic carbocycles. The Balaban J connectivity index is 2.61. The molecule has 0 aromatic heterocycles. The second-order valence-electron chi connectivity index (χ2n) is 3.96. The molecule has 1 rings (SSSR count). The van der Waals surface area contributed by atoms with Crippen molar-refractivity contribution in [2.24, 2.45) is 0 Å². The van der Waals surface area contributed by atoms with Gasteiger partial charge < -0.3 is 5.32 Å². The van der Waals surface area contributed by atoms with Gasteiger partial charge in [0, 0.05) is 13.1 Å². The van der Waals surface area contributed by atoms with Crippen LogP contribution in [0.3, 0.4) is 0 Å². The second-order valence-corrected chi connectivity index (χ2v) is 3.96. The van der Waals surface area contributed by atoms with Crippen LogP contribution < -0.4 is 5.32 Å². The topological polar surface area (TPSA) is 32.3 Å². The van der Waals surface area contributed by atoms with Crippen LogP contribution >= 0.6 is 0 Å². The van der Waals surface area contributed by atoms with Crippen molar-refractivity contribution in [1.82, 2.24) is 10.2 Å². The highest BCUT2D eigenvalue weighted by atomic mass is 16.2. The van der Waals surface area contributed by atoms with E-state index in [4.69, 9.17) is 0 Å². The van der Waals surface area contributed by atoms with E-state index in [9.17, 15) is 4.79 Å². The van der Waals surface area contributed by atoms with E-state index in [-0.39, 0.29) is 11.9 Å². The van der Waals surface area contributed by atoms with E-state index in [0.29, 0.717) is 6.04 Å². The lowest BCUT2D eigenvalue weighted by Crippen LogP contribution is -2.51. The molecular formula is C10H20N2O. The molecule has 1 heterocycles. The largest absolute Gasteiger partial charge is 0.358 e. The van der Waals surface area contributed by atoms with Crippen molar-refractivity contribution in [3.8, 4) is 0 Å². The van der Waals surface area contributed by atoms with Gasteiger partial charge in [0.15, 0.2) is 0 Å². The number of hydrogen-bond acceptors (Lipinski definition) is 2. The summed E-state index contributed by atoms with van der Waals surface area (Å²) >= 11 is 0. The maximum atomic E-state index is 11.5. The van der Waals surface area contributed by atoms with Crippen LogP contribution in [0.2, 0.25) is 0 Å². The minimum absolute atomic E-state index is 0.110. The number of likely N-dealkylation sites (tertiary alicyclic amines) is 1. The molecule has 0 saturated carbocycles. The quantitative estimate of drug-likeness (QED) is 0.694. The second kappa shape index (κ2) is 4.61. The van der Waals surface area contributed by atoms with Gasteiger partial charge in [-0.05, 0) is 33.2 Å². The van der Waals surface area contributed by atoms with Gasteiger partial charge >= 0.3 is 0 Å². The fourth-order valence-corrected chi connectivity index (χ4v) is 2.02. The molecule has 1 saturated heterocycles. The summed E-state index contributed by atoms with van der Waals surface area (Å²) in [6.45, 7) is 5.37. The van der Waals surface area contributed by atoms with E-state index in [1.54, 1.807) is 7.05 Å². The van der Waals surface area contributed by atoms with E-state index in [1.807, 2.05) is 0 Å². The van der Waals surface area contributed by atoms with Gasteiger partial charge in [-0.25, -0.2) is 0 Å². The molecule has 1 N–H and O–H groups in total. The average molecular weight is 184 g/mol. The molecule has 1 amide bonds. The summed E-state index contributed by atoms with van der Waals surface area (Å²) in [5.41, 5.74) is 0. The fourth-order valence-electron chi connectivity index (χ4n) is 2.02. The number of piperidine rings is 1. The van der Waals surface area contributed by atoms with Gasteiger partial charge in [-0.15, -0.1) is 0 Å². The molecule has 0 spiro atoms. The number of carbonyl (C=O) groups is 1. The van der Waals surface area contributed by atoms with Gasteiger partial charge in [0.1, 0.15) is 0 Å². The number of nitrogens with zero attached hydrogens (tertiary/aromatic N) is 1. The monoisotopic (exact) mass is 184 g/mol. The zero-order valence-corrected chi connectivity index (χ0v) is 8.84. The highest BCUT2D eigenvalue weighted by molar-refractivity contribution is 5.81. The van der Waals surface area contributed by atoms with Gasteiger partial charge in [0.05, 0.1) is 6.04 Å². The smallest absolute Gasteiger partial charge is 0.237 e. The molecule has 3 heteroatoms. The summed E-state index contributed by atoms with van der Waals surface area (Å²) in [7, 11) is 1.72. The van der Waals surface area contributed by atoms with Crippen LogP contribution in [0.5, 0.6) is 0 Å². The van der Waals surface area contributed by atoms with E-state index >= 15 is 0 Å². The summed E-state index contributed by atoms with van der Waals surface area (Å²) < 4.78 is 0. The minimum atomic E-state index is 0.110. The third kappa shape index (κ3) is 2.44. The van der Waals surface area contributed by atoms with E-state index in [0.717, 1.165) is 13.0 Å². The molecule has 3 nitrogen and oxygen atoms in total. The first-order valence-electron chi connectivity index (χ1n) is 5.14. The van der Waals surface area contributed by atoms with Gasteiger partial charge in [0.2, 0.25) is 5.91 Å². The number of likely N-dealkylation sites (N-methyl/N-ethyl adjacent to an activating group) is 1. The molecule has 1 atom stereocenters. The predicted molar refractivity (Wildman–Crippen MR) is 53.5 cm³/mol. The maximum Gasteiger partial charge on any atom is 0.237 e. The van der Waals surface area contributed by atoms with Crippen molar-refractivity contribution in [1.29, 1.82) is 0 Å². The van der Waals surface area contributed by atoms with Gasteiger partial charge in [0.25, 0.3) is 0 Å². The van der Waals surface area contributed by atoms with Crippen molar-refractivity contribution >= 4 is 5.91 Å². The molecule has 13 heavy (non-hydrogen) atoms. The number of nitrogens with one attached hydrogen (secondary N) is 1. The molecule has 0 aliphatic carbocycles. The molecule has 0 bridgehead atoms. The Labute approximate surface area is 80.5 Å². The minimum Gasteiger partial charge on any atom is -0.358 e. The number of rotatable bonds is 2. The van der Waals surface area contributed by atoms with E-state index in [2.05, 4.69) is 24.1 Å². The van der Waals surface area contributed by atoms with Gasteiger partial charge in [-0.2, -0.15) is 0 Å². The highest BCUT2D eigenvalue weighted by Gasteiger charge is 2.29. The Kier molecular flexibility index (Phi) is 3.72. The Morgan fingerprint density at radius 3 is 2.69 bits per heavy atom. The summed E-state index contributed by atoms with van der Waals surface area (Å²) in [4.78, 5) is 13.8. The van der Waals surface area contributed by atoms with Gasteiger partial charge in [-0.3, -0.25) is 9.69 Å². The van der Waals surface area contributed by atoms with Crippen LogP contribution in [-0.4, -0.2) is 36.5 Å². The Hall–Kier alpha value is -0.570. The van der Waals surface area contributed by atoms with E-state index < -0.39 is 0 Å². The highest BCUT2D eigenvalue weighted by Crippen LogP contribution is 2.19. The first-order valence-corrected chi connectivity index (χ1v) is 5.14. The lowest BCUT2D eigenvalue weighted by Gasteiger charge is -2.37. The van der Waals surface area contributed by atoms with Crippen molar-refractivity contribution in [2.45, 2.75) is 45.2 Å². The zero-order chi connectivity index (χ0) is 9.84. The lowest BCUT2D eigenvalue weighted by molar-refractivity contribution is -0.128. The third-order valence-corrected chi connectivity index (χ3v) is 2.76. The lowest BCUT2D eigenvalue weighted by atomic mass is 10.00. The Morgan fingerprint density at radius 1 is 1.46 bits per heavy atom. The van der Waals surface area contributed by atoms with Crippen LogP contribution in [0.15, 0.2) is 0 Å². The number of hydrogen-bond donors (Lipinski definition) is 1. The van der Waals surface area contributed by atoms with Crippen molar-refractivity contribution in [3.05, 3.63) is 0 Å². The van der Waals surface area contributed by atoms with Crippen LogP contribution in [-0.2, 0) is 4.79 Å². The first-order chi connectivity index (χ1) is 6.16. The predicted octanol–water partition coefficient (Wildman–Crippen LogP) is 0.995. The summed E-state index contributed by atoms with van der Waals surface area (Å²) in [6, 6.07) is 0.585. The van der Waals surface area contributed by atoms with Crippen LogP contribution in [0.25, 0.3) is 0 Å². The van der Waals surface area contributed by atoms with Crippen molar-refractivity contribution in [3.63, 3.8) is 0 Å². The SMILES string of the molecule is CNC(=O)C1CCCCN1C(C)C. The molecule has 0 radical (unpaired) electrons. The first kappa shape index (κ1) is 10.5. The van der Waals surface area contributed by atoms with Crippen LogP contribution in [0.1, 0.15) is 33.1 Å². The standard InChI is InChI=1S/C10H20N2O/c1-8(2)12-7-5-4-6-9(12)10(13)11-3/h8-9H,4-7H2,1-3H3,(H,11,13). The third-order valence-electron chi connectivity index (χ3n) is 2.76. The molecule has 1 fully saturated rings. The summed E-state index contributed by atoms with van der Waals surface area (Å²) in [6.07, 6.45) is 3.42. The summed E-state index contributed by atoms with van der Waals surface area (Å²) in [5.74, 6) is 0.174. The maximum absolute atomic E-state index is 11.5. The molecule has 76 valence electrons. The Bertz CT molecular complexity index is 180. The molecule has 0 aromatic rings. The fraction of sp³-hybridized carbons (Fsp3) is 0.900. The van der Waals surface area contributed by atoms with Crippen molar-refractivity contribution < 1.29 is 4.79 Å². The molecule has 1 aliphatic heterocycles. The molecule has 1 aliphatic rings. The number of carbonyl (C=O) groups excluding carboxylic acids is 1. The number of amides is 1. The molecule has 1 unspecified atom stereocenters. The van der Waals surface area contributed by atoms with Gasteiger partial charge in [-0.1, -0.05) is 6.42 Å². The van der Waals surface area contributed by atoms with Crippen LogP contribution in [0.4, 0.5) is 0 Å². The van der Waals surface area contributed by atoms with E-state index in [1.165, 1.54) is 12.8 Å². The summed E-state index contributed by atoms with van der Waals surface area (Å²) in [5, 5.41) is 2.74. The van der Waals surface area contributed by atoms with Crippen molar-refractivity contribution in [2.75, 3.05) is 13.6 Å². The molecular weight excluding hydrogens is 164 g/mol. The average Bonchev–Trinajstić information content (AvgIpc) is 2.16.